The van der Waals surface area contributed by atoms with Crippen molar-refractivity contribution < 1.29 is 4.79 Å². The van der Waals surface area contributed by atoms with E-state index in [1.165, 1.54) is 6.20 Å². The minimum absolute atomic E-state index is 0.0876. The van der Waals surface area contributed by atoms with Gasteiger partial charge in [-0.2, -0.15) is 5.10 Å². The first kappa shape index (κ1) is 16.6. The van der Waals surface area contributed by atoms with E-state index in [-0.39, 0.29) is 11.3 Å². The Balaban J connectivity index is 1.70. The lowest BCUT2D eigenvalue weighted by molar-refractivity contribution is -0.130. The van der Waals surface area contributed by atoms with Crippen LogP contribution in [0.3, 0.4) is 0 Å². The van der Waals surface area contributed by atoms with Crippen molar-refractivity contribution in [3.8, 4) is 0 Å². The molecule has 0 saturated carbocycles. The van der Waals surface area contributed by atoms with E-state index in [1.54, 1.807) is 10.7 Å². The van der Waals surface area contributed by atoms with Crippen LogP contribution in [0.15, 0.2) is 35.3 Å². The van der Waals surface area contributed by atoms with Crippen molar-refractivity contribution in [1.29, 1.82) is 0 Å². The highest BCUT2D eigenvalue weighted by Crippen LogP contribution is 2.20. The lowest BCUT2D eigenvalue weighted by Crippen LogP contribution is -2.36. The lowest BCUT2D eigenvalue weighted by atomic mass is 10.1. The predicted molar refractivity (Wildman–Crippen MR) is 93.8 cm³/mol. The van der Waals surface area contributed by atoms with Crippen LogP contribution in [-0.2, 0) is 11.3 Å². The largest absolute Gasteiger partial charge is 0.341 e. The van der Waals surface area contributed by atoms with E-state index in [0.29, 0.717) is 30.3 Å². The van der Waals surface area contributed by atoms with Crippen LogP contribution in [0, 0.1) is 5.92 Å². The maximum absolute atomic E-state index is 12.5. The molecule has 0 bridgehead atoms. The van der Waals surface area contributed by atoms with Crippen molar-refractivity contribution >= 4 is 16.8 Å². The third-order valence-electron chi connectivity index (χ3n) is 4.89. The second-order valence-electron chi connectivity index (χ2n) is 6.81. The molecule has 3 rings (SSSR count). The Morgan fingerprint density at radius 3 is 2.75 bits per heavy atom. The third-order valence-corrected chi connectivity index (χ3v) is 4.89. The number of aryl methyl sites for hydroxylation is 1. The van der Waals surface area contributed by atoms with Crippen molar-refractivity contribution in [2.24, 2.45) is 5.92 Å². The summed E-state index contributed by atoms with van der Waals surface area (Å²) in [6.07, 6.45) is 1.72. The quantitative estimate of drug-likeness (QED) is 0.846. The molecule has 6 heteroatoms. The summed E-state index contributed by atoms with van der Waals surface area (Å²) in [6.45, 7) is 4.26. The van der Waals surface area contributed by atoms with Gasteiger partial charge in [0.2, 0.25) is 11.3 Å². The van der Waals surface area contributed by atoms with Crippen molar-refractivity contribution in [2.75, 3.05) is 27.2 Å². The van der Waals surface area contributed by atoms with Crippen molar-refractivity contribution in [1.82, 2.24) is 19.6 Å². The number of amides is 1. The van der Waals surface area contributed by atoms with Gasteiger partial charge in [0.15, 0.2) is 0 Å². The summed E-state index contributed by atoms with van der Waals surface area (Å²) in [5.74, 6) is 0.631. The van der Waals surface area contributed by atoms with Gasteiger partial charge in [0, 0.05) is 30.9 Å². The van der Waals surface area contributed by atoms with E-state index >= 15 is 0 Å². The van der Waals surface area contributed by atoms with Gasteiger partial charge in [-0.3, -0.25) is 14.3 Å². The molecule has 1 aromatic heterocycles. The zero-order chi connectivity index (χ0) is 17.3. The first-order valence-corrected chi connectivity index (χ1v) is 8.36. The van der Waals surface area contributed by atoms with Crippen molar-refractivity contribution in [3.05, 3.63) is 40.7 Å². The lowest BCUT2D eigenvalue weighted by Gasteiger charge is -2.22. The first-order valence-electron chi connectivity index (χ1n) is 8.36. The Morgan fingerprint density at radius 1 is 1.29 bits per heavy atom. The van der Waals surface area contributed by atoms with Gasteiger partial charge in [-0.05, 0) is 32.1 Å². The molecule has 0 radical (unpaired) electrons. The maximum Gasteiger partial charge on any atom is 0.224 e. The van der Waals surface area contributed by atoms with E-state index in [9.17, 15) is 9.59 Å². The highest BCUT2D eigenvalue weighted by atomic mass is 16.2. The van der Waals surface area contributed by atoms with E-state index in [4.69, 9.17) is 0 Å². The molecule has 2 heterocycles. The molecule has 0 N–H and O–H groups in total. The number of hydrogen-bond donors (Lipinski definition) is 0. The zero-order valence-electron chi connectivity index (χ0n) is 14.5. The van der Waals surface area contributed by atoms with Crippen LogP contribution in [-0.4, -0.2) is 58.7 Å². The van der Waals surface area contributed by atoms with Crippen LogP contribution in [0.1, 0.15) is 13.3 Å². The van der Waals surface area contributed by atoms with Gasteiger partial charge in [-0.1, -0.05) is 19.1 Å². The highest BCUT2D eigenvalue weighted by molar-refractivity contribution is 5.79. The highest BCUT2D eigenvalue weighted by Gasteiger charge is 2.33. The molecule has 2 atom stereocenters. The van der Waals surface area contributed by atoms with Crippen LogP contribution in [0.5, 0.6) is 0 Å². The molecule has 1 aromatic carbocycles. The minimum Gasteiger partial charge on any atom is -0.341 e. The summed E-state index contributed by atoms with van der Waals surface area (Å²) in [7, 11) is 4.12. The standard InChI is InChI=1S/C18H24N4O2/c1-13-11-21(12-16(13)20(2)3)18(24)8-9-22-15-7-5-4-6-14(15)17(23)10-19-22/h4-7,10,13,16H,8-9,11-12H2,1-3H3. The predicted octanol–water partition coefficient (Wildman–Crippen LogP) is 1.20. The molecule has 2 unspecified atom stereocenters. The number of rotatable bonds is 4. The van der Waals surface area contributed by atoms with Crippen LogP contribution in [0.2, 0.25) is 0 Å². The fourth-order valence-corrected chi connectivity index (χ4v) is 3.52. The number of likely N-dealkylation sites (tertiary alicyclic amines) is 1. The molecule has 1 fully saturated rings. The molecule has 2 aromatic rings. The van der Waals surface area contributed by atoms with Crippen LogP contribution < -0.4 is 5.43 Å². The normalized spacial score (nSPS) is 20.9. The number of hydrogen-bond acceptors (Lipinski definition) is 4. The van der Waals surface area contributed by atoms with E-state index in [1.807, 2.05) is 23.1 Å². The number of fused-ring (bicyclic) bond motifs is 1. The minimum atomic E-state index is -0.0876. The number of benzene rings is 1. The van der Waals surface area contributed by atoms with Crippen LogP contribution in [0.4, 0.5) is 0 Å². The number of carbonyl (C=O) groups is 1. The number of likely N-dealkylation sites (N-methyl/N-ethyl adjacent to an activating group) is 1. The number of aromatic nitrogens is 2. The summed E-state index contributed by atoms with van der Waals surface area (Å²) in [6, 6.07) is 7.80. The number of para-hydroxylation sites is 1. The molecule has 1 aliphatic rings. The maximum atomic E-state index is 12.5. The summed E-state index contributed by atoms with van der Waals surface area (Å²) < 4.78 is 1.75. The van der Waals surface area contributed by atoms with Crippen molar-refractivity contribution in [3.63, 3.8) is 0 Å². The van der Waals surface area contributed by atoms with Crippen molar-refractivity contribution in [2.45, 2.75) is 25.9 Å². The van der Waals surface area contributed by atoms with Gasteiger partial charge >= 0.3 is 0 Å². The topological polar surface area (TPSA) is 58.4 Å². The smallest absolute Gasteiger partial charge is 0.224 e. The van der Waals surface area contributed by atoms with Gasteiger partial charge in [0.05, 0.1) is 18.3 Å². The molecule has 0 spiro atoms. The van der Waals surface area contributed by atoms with Gasteiger partial charge in [0.1, 0.15) is 0 Å². The molecule has 24 heavy (non-hydrogen) atoms. The van der Waals surface area contributed by atoms with Crippen LogP contribution >= 0.6 is 0 Å². The summed E-state index contributed by atoms with van der Waals surface area (Å²) in [4.78, 5) is 28.5. The Bertz CT molecular complexity index is 799. The monoisotopic (exact) mass is 328 g/mol. The summed E-state index contributed by atoms with van der Waals surface area (Å²) in [5.41, 5.74) is 0.689. The SMILES string of the molecule is CC1CN(C(=O)CCn2ncc(=O)c3ccccc32)CC1N(C)C. The molecule has 6 nitrogen and oxygen atoms in total. The molecule has 1 amide bonds. The molecule has 1 aliphatic heterocycles. The van der Waals surface area contributed by atoms with E-state index in [0.717, 1.165) is 18.6 Å². The molecular weight excluding hydrogens is 304 g/mol. The Hall–Kier alpha value is -2.21. The van der Waals surface area contributed by atoms with E-state index < -0.39 is 0 Å². The van der Waals surface area contributed by atoms with Gasteiger partial charge < -0.3 is 9.80 Å². The average molecular weight is 328 g/mol. The second-order valence-corrected chi connectivity index (χ2v) is 6.81. The molecular formula is C18H24N4O2. The molecule has 0 aliphatic carbocycles. The third kappa shape index (κ3) is 3.19. The van der Waals surface area contributed by atoms with E-state index in [2.05, 4.69) is 31.0 Å². The fourth-order valence-electron chi connectivity index (χ4n) is 3.52. The Morgan fingerprint density at radius 2 is 2.04 bits per heavy atom. The Labute approximate surface area is 141 Å². The number of nitrogens with zero attached hydrogens (tertiary/aromatic N) is 4. The van der Waals surface area contributed by atoms with Gasteiger partial charge in [-0.25, -0.2) is 0 Å². The fraction of sp³-hybridized carbons (Fsp3) is 0.500. The van der Waals surface area contributed by atoms with Gasteiger partial charge in [-0.15, -0.1) is 0 Å². The average Bonchev–Trinajstić information content (AvgIpc) is 2.96. The first-order chi connectivity index (χ1) is 11.5. The van der Waals surface area contributed by atoms with Gasteiger partial charge in [0.25, 0.3) is 0 Å². The summed E-state index contributed by atoms with van der Waals surface area (Å²) >= 11 is 0. The second kappa shape index (κ2) is 6.73. The number of carbonyl (C=O) groups excluding carboxylic acids is 1. The zero-order valence-corrected chi connectivity index (χ0v) is 14.5. The summed E-state index contributed by atoms with van der Waals surface area (Å²) in [5, 5.41) is 4.83. The Kier molecular flexibility index (Phi) is 4.66. The van der Waals surface area contributed by atoms with Crippen LogP contribution in [0.25, 0.3) is 10.9 Å². The molecule has 128 valence electrons. The molecule has 1 saturated heterocycles.